The first-order chi connectivity index (χ1) is 9.54. The first kappa shape index (κ1) is 14.1. The number of rotatable bonds is 2. The second-order valence-corrected chi connectivity index (χ2v) is 7.19. The highest BCUT2D eigenvalue weighted by Gasteiger charge is 2.22. The van der Waals surface area contributed by atoms with Crippen LogP contribution in [0.25, 0.3) is 10.2 Å². The molecule has 1 aromatic carbocycles. The van der Waals surface area contributed by atoms with E-state index in [9.17, 15) is 0 Å². The zero-order valence-electron chi connectivity index (χ0n) is 12.2. The van der Waals surface area contributed by atoms with Gasteiger partial charge in [0.15, 0.2) is 5.13 Å². The van der Waals surface area contributed by atoms with Crippen LogP contribution in [0, 0.1) is 6.92 Å². The predicted octanol–water partition coefficient (Wildman–Crippen LogP) is 3.79. The predicted molar refractivity (Wildman–Crippen MR) is 88.3 cm³/mol. The molecule has 5 heteroatoms. The summed E-state index contributed by atoms with van der Waals surface area (Å²) in [6, 6.07) is 4.72. The minimum absolute atomic E-state index is 0.705. The van der Waals surface area contributed by atoms with Crippen molar-refractivity contribution in [2.24, 2.45) is 0 Å². The molecule has 0 radical (unpaired) electrons. The lowest BCUT2D eigenvalue weighted by Crippen LogP contribution is -2.41. The highest BCUT2D eigenvalue weighted by Crippen LogP contribution is 2.34. The number of benzene rings is 1. The van der Waals surface area contributed by atoms with E-state index < -0.39 is 0 Å². The van der Waals surface area contributed by atoms with E-state index in [2.05, 4.69) is 30.8 Å². The van der Waals surface area contributed by atoms with E-state index in [0.717, 1.165) is 34.3 Å². The SMILES string of the molecule is Cc1cc(Cl)cc2sc(N3CCC(N(C)C)CC3)nc12. The van der Waals surface area contributed by atoms with Crippen molar-refractivity contribution >= 4 is 38.3 Å². The van der Waals surface area contributed by atoms with Crippen LogP contribution < -0.4 is 4.90 Å². The van der Waals surface area contributed by atoms with Crippen LogP contribution in [0.3, 0.4) is 0 Å². The zero-order valence-corrected chi connectivity index (χ0v) is 13.8. The average Bonchev–Trinajstić information content (AvgIpc) is 2.83. The summed E-state index contributed by atoms with van der Waals surface area (Å²) in [6.45, 7) is 4.26. The Labute approximate surface area is 129 Å². The molecule has 0 saturated carbocycles. The maximum atomic E-state index is 6.13. The summed E-state index contributed by atoms with van der Waals surface area (Å²) in [5, 5.41) is 1.94. The molecular formula is C15H20ClN3S. The smallest absolute Gasteiger partial charge is 0.186 e. The minimum Gasteiger partial charge on any atom is -0.348 e. The third-order valence-electron chi connectivity index (χ3n) is 4.10. The Morgan fingerprint density at radius 3 is 2.65 bits per heavy atom. The molecule has 108 valence electrons. The lowest BCUT2D eigenvalue weighted by Gasteiger charge is -2.34. The number of aromatic nitrogens is 1. The molecule has 1 aromatic heterocycles. The molecule has 3 rings (SSSR count). The van der Waals surface area contributed by atoms with Gasteiger partial charge in [0.1, 0.15) is 0 Å². The van der Waals surface area contributed by atoms with Crippen LogP contribution in [-0.2, 0) is 0 Å². The summed E-state index contributed by atoms with van der Waals surface area (Å²) < 4.78 is 1.19. The number of anilines is 1. The number of piperidine rings is 1. The van der Waals surface area contributed by atoms with Crippen molar-refractivity contribution in [3.8, 4) is 0 Å². The number of fused-ring (bicyclic) bond motifs is 1. The maximum Gasteiger partial charge on any atom is 0.186 e. The number of aryl methyl sites for hydroxylation is 1. The largest absolute Gasteiger partial charge is 0.348 e. The Hall–Kier alpha value is -0.840. The monoisotopic (exact) mass is 309 g/mol. The summed E-state index contributed by atoms with van der Waals surface area (Å²) >= 11 is 7.89. The zero-order chi connectivity index (χ0) is 14.3. The van der Waals surface area contributed by atoms with Gasteiger partial charge in [0, 0.05) is 24.2 Å². The van der Waals surface area contributed by atoms with Gasteiger partial charge < -0.3 is 9.80 Å². The number of nitrogens with zero attached hydrogens (tertiary/aromatic N) is 3. The number of hydrogen-bond donors (Lipinski definition) is 0. The fourth-order valence-electron chi connectivity index (χ4n) is 2.85. The van der Waals surface area contributed by atoms with Gasteiger partial charge in [0.25, 0.3) is 0 Å². The van der Waals surface area contributed by atoms with Crippen LogP contribution in [-0.4, -0.2) is 43.1 Å². The summed E-state index contributed by atoms with van der Waals surface area (Å²) in [4.78, 5) is 9.57. The van der Waals surface area contributed by atoms with Gasteiger partial charge in [0.2, 0.25) is 0 Å². The normalized spacial score (nSPS) is 17.4. The van der Waals surface area contributed by atoms with Crippen LogP contribution >= 0.6 is 22.9 Å². The van der Waals surface area contributed by atoms with Crippen LogP contribution in [0.4, 0.5) is 5.13 Å². The Kier molecular flexibility index (Phi) is 3.89. The molecule has 1 aliphatic heterocycles. The maximum absolute atomic E-state index is 6.13. The summed E-state index contributed by atoms with van der Waals surface area (Å²) in [7, 11) is 4.34. The van der Waals surface area contributed by atoms with Crippen molar-refractivity contribution in [2.45, 2.75) is 25.8 Å². The fraction of sp³-hybridized carbons (Fsp3) is 0.533. The number of hydrogen-bond acceptors (Lipinski definition) is 4. The molecule has 2 aromatic rings. The van der Waals surface area contributed by atoms with Gasteiger partial charge in [0.05, 0.1) is 10.2 Å². The molecule has 1 aliphatic rings. The molecule has 0 unspecified atom stereocenters. The van der Waals surface area contributed by atoms with Crippen molar-refractivity contribution < 1.29 is 0 Å². The molecule has 2 heterocycles. The fourth-order valence-corrected chi connectivity index (χ4v) is 4.32. The van der Waals surface area contributed by atoms with Crippen LogP contribution in [0.2, 0.25) is 5.02 Å². The van der Waals surface area contributed by atoms with Gasteiger partial charge in [-0.2, -0.15) is 0 Å². The van der Waals surface area contributed by atoms with Crippen LogP contribution in [0.5, 0.6) is 0 Å². The molecule has 0 atom stereocenters. The minimum atomic E-state index is 0.705. The summed E-state index contributed by atoms with van der Waals surface area (Å²) in [5.74, 6) is 0. The second kappa shape index (κ2) is 5.51. The van der Waals surface area contributed by atoms with Gasteiger partial charge >= 0.3 is 0 Å². The molecule has 1 saturated heterocycles. The standard InChI is InChI=1S/C15H20ClN3S/c1-10-8-11(16)9-13-14(10)17-15(20-13)19-6-4-12(5-7-19)18(2)3/h8-9,12H,4-7H2,1-3H3. The second-order valence-electron chi connectivity index (χ2n) is 5.75. The van der Waals surface area contributed by atoms with Crippen molar-refractivity contribution in [2.75, 3.05) is 32.1 Å². The topological polar surface area (TPSA) is 19.4 Å². The summed E-state index contributed by atoms with van der Waals surface area (Å²) in [5.41, 5.74) is 2.27. The lowest BCUT2D eigenvalue weighted by atomic mass is 10.0. The molecule has 0 aliphatic carbocycles. The van der Waals surface area contributed by atoms with Gasteiger partial charge in [-0.15, -0.1) is 0 Å². The van der Waals surface area contributed by atoms with E-state index in [1.807, 2.05) is 12.1 Å². The van der Waals surface area contributed by atoms with Crippen LogP contribution in [0.1, 0.15) is 18.4 Å². The van der Waals surface area contributed by atoms with Gasteiger partial charge in [-0.05, 0) is 51.6 Å². The molecule has 1 fully saturated rings. The molecule has 20 heavy (non-hydrogen) atoms. The Morgan fingerprint density at radius 2 is 2.00 bits per heavy atom. The van der Waals surface area contributed by atoms with E-state index in [1.54, 1.807) is 11.3 Å². The number of halogens is 1. The third kappa shape index (κ3) is 2.65. The van der Waals surface area contributed by atoms with Crippen LogP contribution in [0.15, 0.2) is 12.1 Å². The van der Waals surface area contributed by atoms with E-state index in [0.29, 0.717) is 6.04 Å². The van der Waals surface area contributed by atoms with Crippen molar-refractivity contribution in [3.05, 3.63) is 22.7 Å². The first-order valence-corrected chi connectivity index (χ1v) is 8.22. The molecule has 3 nitrogen and oxygen atoms in total. The van der Waals surface area contributed by atoms with E-state index in [-0.39, 0.29) is 0 Å². The van der Waals surface area contributed by atoms with E-state index in [4.69, 9.17) is 16.6 Å². The molecule has 0 bridgehead atoms. The van der Waals surface area contributed by atoms with Gasteiger partial charge in [-0.25, -0.2) is 4.98 Å². The van der Waals surface area contributed by atoms with Gasteiger partial charge in [-0.1, -0.05) is 22.9 Å². The Balaban J connectivity index is 1.83. The average molecular weight is 310 g/mol. The Morgan fingerprint density at radius 1 is 1.30 bits per heavy atom. The van der Waals surface area contributed by atoms with E-state index >= 15 is 0 Å². The molecule has 0 spiro atoms. The van der Waals surface area contributed by atoms with Gasteiger partial charge in [-0.3, -0.25) is 0 Å². The van der Waals surface area contributed by atoms with Crippen molar-refractivity contribution in [1.82, 2.24) is 9.88 Å². The first-order valence-electron chi connectivity index (χ1n) is 7.02. The summed E-state index contributed by atoms with van der Waals surface area (Å²) in [6.07, 6.45) is 2.42. The lowest BCUT2D eigenvalue weighted by molar-refractivity contribution is 0.249. The Bertz CT molecular complexity index is 615. The quantitative estimate of drug-likeness (QED) is 0.841. The highest BCUT2D eigenvalue weighted by atomic mass is 35.5. The van der Waals surface area contributed by atoms with Crippen molar-refractivity contribution in [1.29, 1.82) is 0 Å². The van der Waals surface area contributed by atoms with E-state index in [1.165, 1.54) is 17.5 Å². The molecular weight excluding hydrogens is 290 g/mol. The number of thiazole rings is 1. The van der Waals surface area contributed by atoms with Crippen molar-refractivity contribution in [3.63, 3.8) is 0 Å². The highest BCUT2D eigenvalue weighted by molar-refractivity contribution is 7.22. The third-order valence-corrected chi connectivity index (χ3v) is 5.39. The molecule has 0 amide bonds. The molecule has 0 N–H and O–H groups in total.